The molecule has 1 N–H and O–H groups in total. The highest BCUT2D eigenvalue weighted by molar-refractivity contribution is 9.10. The minimum absolute atomic E-state index is 0.253. The first-order chi connectivity index (χ1) is 8.60. The molecule has 0 heterocycles. The molecule has 0 aromatic heterocycles. The van der Waals surface area contributed by atoms with Crippen LogP contribution in [-0.2, 0) is 9.53 Å². The van der Waals surface area contributed by atoms with Gasteiger partial charge in [-0.05, 0) is 19.1 Å². The van der Waals surface area contributed by atoms with Crippen LogP contribution in [0.2, 0.25) is 0 Å². The maximum absolute atomic E-state index is 13.8. The molecule has 1 unspecified atom stereocenters. The van der Waals surface area contributed by atoms with Gasteiger partial charge in [0.05, 0.1) is 6.61 Å². The van der Waals surface area contributed by atoms with E-state index in [-0.39, 0.29) is 12.2 Å². The van der Waals surface area contributed by atoms with Gasteiger partial charge in [-0.2, -0.15) is 0 Å². The van der Waals surface area contributed by atoms with Crippen molar-refractivity contribution in [1.29, 1.82) is 0 Å². The number of carbonyl (C=O) groups is 1. The topological polar surface area (TPSA) is 38.3 Å². The number of carbonyl (C=O) groups excluding carboxylic acids is 1. The summed E-state index contributed by atoms with van der Waals surface area (Å²) in [5, 5.41) is 2.88. The SMILES string of the molecule is C=CCNC(C(=O)OCC)c1ccc(Br)cc1F. The Morgan fingerprint density at radius 1 is 1.67 bits per heavy atom. The van der Waals surface area contributed by atoms with E-state index in [1.807, 2.05) is 0 Å². The van der Waals surface area contributed by atoms with E-state index in [0.717, 1.165) is 0 Å². The van der Waals surface area contributed by atoms with Crippen molar-refractivity contribution in [2.24, 2.45) is 0 Å². The first-order valence-corrected chi connectivity index (χ1v) is 6.35. The Labute approximate surface area is 114 Å². The molecule has 0 saturated heterocycles. The fraction of sp³-hybridized carbons (Fsp3) is 0.308. The summed E-state index contributed by atoms with van der Waals surface area (Å²) in [5.74, 6) is -0.959. The van der Waals surface area contributed by atoms with Crippen LogP contribution in [0, 0.1) is 5.82 Å². The monoisotopic (exact) mass is 315 g/mol. The summed E-state index contributed by atoms with van der Waals surface area (Å²) in [6.07, 6.45) is 1.60. The summed E-state index contributed by atoms with van der Waals surface area (Å²) in [7, 11) is 0. The first-order valence-electron chi connectivity index (χ1n) is 5.56. The van der Waals surface area contributed by atoms with Gasteiger partial charge < -0.3 is 4.74 Å². The lowest BCUT2D eigenvalue weighted by molar-refractivity contribution is -0.145. The average molecular weight is 316 g/mol. The third-order valence-electron chi connectivity index (χ3n) is 2.26. The van der Waals surface area contributed by atoms with Crippen molar-refractivity contribution in [3.63, 3.8) is 0 Å². The summed E-state index contributed by atoms with van der Waals surface area (Å²) in [6.45, 7) is 5.90. The van der Waals surface area contributed by atoms with Crippen LogP contribution in [0.4, 0.5) is 4.39 Å². The van der Waals surface area contributed by atoms with Gasteiger partial charge in [-0.3, -0.25) is 5.32 Å². The highest BCUT2D eigenvalue weighted by Crippen LogP contribution is 2.22. The molecular weight excluding hydrogens is 301 g/mol. The summed E-state index contributed by atoms with van der Waals surface area (Å²) >= 11 is 3.17. The lowest BCUT2D eigenvalue weighted by atomic mass is 10.1. The second-order valence-corrected chi connectivity index (χ2v) is 4.46. The summed E-state index contributed by atoms with van der Waals surface area (Å²) in [5.41, 5.74) is 0.263. The molecule has 0 bridgehead atoms. The van der Waals surface area contributed by atoms with Crippen molar-refractivity contribution >= 4 is 21.9 Å². The molecule has 3 nitrogen and oxygen atoms in total. The van der Waals surface area contributed by atoms with Crippen LogP contribution >= 0.6 is 15.9 Å². The highest BCUT2D eigenvalue weighted by atomic mass is 79.9. The molecule has 0 aliphatic rings. The van der Waals surface area contributed by atoms with E-state index in [9.17, 15) is 9.18 Å². The predicted molar refractivity (Wildman–Crippen MR) is 71.7 cm³/mol. The van der Waals surface area contributed by atoms with Gasteiger partial charge in [0.1, 0.15) is 11.9 Å². The smallest absolute Gasteiger partial charge is 0.327 e. The Morgan fingerprint density at radius 3 is 2.94 bits per heavy atom. The molecule has 0 aliphatic heterocycles. The van der Waals surface area contributed by atoms with Gasteiger partial charge in [0.25, 0.3) is 0 Å². The molecule has 0 aliphatic carbocycles. The zero-order valence-corrected chi connectivity index (χ0v) is 11.7. The fourth-order valence-corrected chi connectivity index (χ4v) is 1.82. The maximum Gasteiger partial charge on any atom is 0.327 e. The number of hydrogen-bond acceptors (Lipinski definition) is 3. The van der Waals surface area contributed by atoms with Crippen molar-refractivity contribution < 1.29 is 13.9 Å². The van der Waals surface area contributed by atoms with E-state index in [1.165, 1.54) is 6.07 Å². The normalized spacial score (nSPS) is 11.9. The van der Waals surface area contributed by atoms with Crippen molar-refractivity contribution in [2.45, 2.75) is 13.0 Å². The Morgan fingerprint density at radius 2 is 2.39 bits per heavy atom. The quantitative estimate of drug-likeness (QED) is 0.648. The van der Waals surface area contributed by atoms with Gasteiger partial charge in [-0.15, -0.1) is 6.58 Å². The van der Waals surface area contributed by atoms with Gasteiger partial charge in [0.15, 0.2) is 0 Å². The zero-order chi connectivity index (χ0) is 13.5. The fourth-order valence-electron chi connectivity index (χ4n) is 1.48. The van der Waals surface area contributed by atoms with E-state index in [1.54, 1.807) is 25.1 Å². The number of halogens is 2. The third-order valence-corrected chi connectivity index (χ3v) is 2.76. The number of hydrogen-bond donors (Lipinski definition) is 1. The third kappa shape index (κ3) is 3.92. The van der Waals surface area contributed by atoms with Gasteiger partial charge >= 0.3 is 5.97 Å². The Kier molecular flexibility index (Phi) is 6.01. The Balaban J connectivity index is 3.00. The predicted octanol–water partition coefficient (Wildman–Crippen LogP) is 2.97. The number of esters is 1. The minimum Gasteiger partial charge on any atom is -0.465 e. The molecule has 98 valence electrons. The van der Waals surface area contributed by atoms with E-state index < -0.39 is 17.8 Å². The molecule has 5 heteroatoms. The van der Waals surface area contributed by atoms with Crippen LogP contribution in [0.15, 0.2) is 35.3 Å². The number of rotatable bonds is 6. The van der Waals surface area contributed by atoms with Crippen molar-refractivity contribution in [3.05, 3.63) is 46.7 Å². The lowest BCUT2D eigenvalue weighted by Crippen LogP contribution is -2.31. The van der Waals surface area contributed by atoms with Gasteiger partial charge in [-0.1, -0.05) is 28.1 Å². The van der Waals surface area contributed by atoms with E-state index >= 15 is 0 Å². The summed E-state index contributed by atoms with van der Waals surface area (Å²) < 4.78 is 19.4. The van der Waals surface area contributed by atoms with Crippen molar-refractivity contribution in [1.82, 2.24) is 5.32 Å². The highest BCUT2D eigenvalue weighted by Gasteiger charge is 2.24. The summed E-state index contributed by atoms with van der Waals surface area (Å²) in [6, 6.07) is 3.73. The van der Waals surface area contributed by atoms with E-state index in [0.29, 0.717) is 11.0 Å². The first kappa shape index (κ1) is 14.9. The van der Waals surface area contributed by atoms with Crippen molar-refractivity contribution in [3.8, 4) is 0 Å². The molecule has 0 radical (unpaired) electrons. The zero-order valence-electron chi connectivity index (χ0n) is 10.1. The molecule has 1 aromatic carbocycles. The molecular formula is C13H15BrFNO2. The molecule has 18 heavy (non-hydrogen) atoms. The van der Waals surface area contributed by atoms with E-state index in [2.05, 4.69) is 27.8 Å². The van der Waals surface area contributed by atoms with Gasteiger partial charge in [-0.25, -0.2) is 9.18 Å². The second-order valence-electron chi connectivity index (χ2n) is 3.55. The lowest BCUT2D eigenvalue weighted by Gasteiger charge is -2.17. The minimum atomic E-state index is -0.823. The van der Waals surface area contributed by atoms with Crippen LogP contribution in [0.5, 0.6) is 0 Å². The van der Waals surface area contributed by atoms with Crippen LogP contribution in [-0.4, -0.2) is 19.1 Å². The number of ether oxygens (including phenoxy) is 1. The Hall–Kier alpha value is -1.20. The van der Waals surface area contributed by atoms with Gasteiger partial charge in [0, 0.05) is 16.6 Å². The molecule has 0 fully saturated rings. The number of benzene rings is 1. The maximum atomic E-state index is 13.8. The molecule has 0 spiro atoms. The van der Waals surface area contributed by atoms with Crippen LogP contribution in [0.3, 0.4) is 0 Å². The van der Waals surface area contributed by atoms with Crippen LogP contribution in [0.1, 0.15) is 18.5 Å². The standard InChI is InChI=1S/C13H15BrFNO2/c1-3-7-16-12(13(17)18-4-2)10-6-5-9(14)8-11(10)15/h3,5-6,8,12,16H,1,4,7H2,2H3. The summed E-state index contributed by atoms with van der Waals surface area (Å²) in [4.78, 5) is 11.8. The molecule has 0 amide bonds. The molecule has 1 aromatic rings. The number of nitrogens with one attached hydrogen (secondary N) is 1. The van der Waals surface area contributed by atoms with Crippen LogP contribution < -0.4 is 5.32 Å². The average Bonchev–Trinajstić information content (AvgIpc) is 2.32. The van der Waals surface area contributed by atoms with Gasteiger partial charge in [0.2, 0.25) is 0 Å². The van der Waals surface area contributed by atoms with Crippen molar-refractivity contribution in [2.75, 3.05) is 13.2 Å². The molecule has 0 saturated carbocycles. The van der Waals surface area contributed by atoms with Crippen LogP contribution in [0.25, 0.3) is 0 Å². The molecule has 1 rings (SSSR count). The second kappa shape index (κ2) is 7.28. The Bertz CT molecular complexity index is 437. The molecule has 1 atom stereocenters. The van der Waals surface area contributed by atoms with E-state index in [4.69, 9.17) is 4.74 Å². The largest absolute Gasteiger partial charge is 0.465 e.